The molecule has 0 aliphatic heterocycles. The molecular weight excluding hydrogens is 224 g/mol. The maximum atomic E-state index is 9.59. The number of aliphatic hydroxyl groups is 1. The average molecular weight is 244 g/mol. The number of thiazole rings is 1. The van der Waals surface area contributed by atoms with Crippen LogP contribution in [-0.2, 0) is 11.3 Å². The van der Waals surface area contributed by atoms with Crippen molar-refractivity contribution in [2.75, 3.05) is 19.8 Å². The minimum absolute atomic E-state index is 0.397. The third-order valence-corrected chi connectivity index (χ3v) is 2.70. The lowest BCUT2D eigenvalue weighted by atomic mass is 10.2. The number of rotatable bonds is 8. The number of nitrogens with one attached hydrogen (secondary N) is 1. The summed E-state index contributed by atoms with van der Waals surface area (Å²) < 4.78 is 5.34. The van der Waals surface area contributed by atoms with E-state index in [1.807, 2.05) is 6.20 Å². The van der Waals surface area contributed by atoms with Crippen molar-refractivity contribution in [3.05, 3.63) is 16.6 Å². The molecule has 1 unspecified atom stereocenters. The molecule has 92 valence electrons. The van der Waals surface area contributed by atoms with Gasteiger partial charge in [-0.25, -0.2) is 0 Å². The first kappa shape index (κ1) is 13.6. The van der Waals surface area contributed by atoms with Crippen LogP contribution in [0, 0.1) is 5.92 Å². The lowest BCUT2D eigenvalue weighted by Crippen LogP contribution is -2.30. The zero-order valence-corrected chi connectivity index (χ0v) is 10.7. The lowest BCUT2D eigenvalue weighted by Gasteiger charge is -2.13. The zero-order chi connectivity index (χ0) is 11.8. The molecule has 1 rings (SSSR count). The number of hydrogen-bond acceptors (Lipinski definition) is 5. The molecular formula is C11H20N2O2S. The molecule has 0 bridgehead atoms. The standard InChI is InChI=1S/C11H20N2O2S/c1-9(2)6-15-7-10(14)3-12-4-11-5-13-8-16-11/h5,8-10,12,14H,3-4,6-7H2,1-2H3. The molecule has 0 aliphatic carbocycles. The van der Waals surface area contributed by atoms with Gasteiger partial charge in [-0.05, 0) is 5.92 Å². The first-order valence-corrected chi connectivity index (χ1v) is 6.40. The predicted molar refractivity (Wildman–Crippen MR) is 65.5 cm³/mol. The minimum atomic E-state index is -0.438. The Morgan fingerprint density at radius 3 is 2.94 bits per heavy atom. The Morgan fingerprint density at radius 1 is 1.50 bits per heavy atom. The van der Waals surface area contributed by atoms with Gasteiger partial charge in [0.15, 0.2) is 0 Å². The van der Waals surface area contributed by atoms with E-state index >= 15 is 0 Å². The van der Waals surface area contributed by atoms with Crippen molar-refractivity contribution < 1.29 is 9.84 Å². The molecule has 16 heavy (non-hydrogen) atoms. The summed E-state index contributed by atoms with van der Waals surface area (Å²) in [4.78, 5) is 5.16. The molecule has 0 amide bonds. The fraction of sp³-hybridized carbons (Fsp3) is 0.727. The summed E-state index contributed by atoms with van der Waals surface area (Å²) in [6.45, 7) is 6.59. The van der Waals surface area contributed by atoms with Crippen molar-refractivity contribution in [3.63, 3.8) is 0 Å². The van der Waals surface area contributed by atoms with Gasteiger partial charge in [-0.15, -0.1) is 11.3 Å². The molecule has 0 aliphatic rings. The van der Waals surface area contributed by atoms with E-state index in [1.165, 1.54) is 4.88 Å². The van der Waals surface area contributed by atoms with Crippen molar-refractivity contribution >= 4 is 11.3 Å². The first-order chi connectivity index (χ1) is 7.68. The highest BCUT2D eigenvalue weighted by atomic mass is 32.1. The maximum Gasteiger partial charge on any atom is 0.0897 e. The van der Waals surface area contributed by atoms with Gasteiger partial charge in [-0.3, -0.25) is 4.98 Å². The van der Waals surface area contributed by atoms with Crippen molar-refractivity contribution in [2.45, 2.75) is 26.5 Å². The molecule has 1 heterocycles. The summed E-state index contributed by atoms with van der Waals surface area (Å²) in [7, 11) is 0. The predicted octanol–water partition coefficient (Wildman–Crippen LogP) is 1.27. The maximum absolute atomic E-state index is 9.59. The Kier molecular flexibility index (Phi) is 6.56. The van der Waals surface area contributed by atoms with Gasteiger partial charge in [0.2, 0.25) is 0 Å². The Hall–Kier alpha value is -0.490. The van der Waals surface area contributed by atoms with Crippen LogP contribution in [0.25, 0.3) is 0 Å². The van der Waals surface area contributed by atoms with Crippen LogP contribution >= 0.6 is 11.3 Å². The van der Waals surface area contributed by atoms with Crippen LogP contribution in [0.1, 0.15) is 18.7 Å². The summed E-state index contributed by atoms with van der Waals surface area (Å²) in [5.41, 5.74) is 1.80. The van der Waals surface area contributed by atoms with Crippen LogP contribution in [0.5, 0.6) is 0 Å². The van der Waals surface area contributed by atoms with Gasteiger partial charge >= 0.3 is 0 Å². The molecule has 4 nitrogen and oxygen atoms in total. The molecule has 1 atom stereocenters. The van der Waals surface area contributed by atoms with Crippen LogP contribution in [0.15, 0.2) is 11.7 Å². The van der Waals surface area contributed by atoms with E-state index in [2.05, 4.69) is 24.1 Å². The van der Waals surface area contributed by atoms with Crippen LogP contribution in [-0.4, -0.2) is 36.0 Å². The highest BCUT2D eigenvalue weighted by molar-refractivity contribution is 7.09. The molecule has 1 aromatic rings. The van der Waals surface area contributed by atoms with Gasteiger partial charge in [0, 0.05) is 30.8 Å². The summed E-state index contributed by atoms with van der Waals surface area (Å²) in [5.74, 6) is 0.511. The summed E-state index contributed by atoms with van der Waals surface area (Å²) in [5, 5.41) is 12.8. The Bertz CT molecular complexity index is 265. The Labute approximate surface area is 101 Å². The van der Waals surface area contributed by atoms with Gasteiger partial charge in [0.1, 0.15) is 0 Å². The topological polar surface area (TPSA) is 54.4 Å². The minimum Gasteiger partial charge on any atom is -0.389 e. The van der Waals surface area contributed by atoms with E-state index in [9.17, 15) is 5.11 Å². The van der Waals surface area contributed by atoms with Crippen LogP contribution in [0.2, 0.25) is 0 Å². The number of aliphatic hydroxyl groups excluding tert-OH is 1. The van der Waals surface area contributed by atoms with Crippen LogP contribution in [0.4, 0.5) is 0 Å². The number of nitrogens with zero attached hydrogens (tertiary/aromatic N) is 1. The normalized spacial score (nSPS) is 13.2. The van der Waals surface area contributed by atoms with E-state index in [-0.39, 0.29) is 0 Å². The summed E-state index contributed by atoms with van der Waals surface area (Å²) in [6, 6.07) is 0. The number of ether oxygens (including phenoxy) is 1. The number of aromatic nitrogens is 1. The van der Waals surface area contributed by atoms with Gasteiger partial charge in [0.05, 0.1) is 18.2 Å². The second kappa shape index (κ2) is 7.73. The second-order valence-electron chi connectivity index (χ2n) is 4.18. The van der Waals surface area contributed by atoms with Crippen LogP contribution in [0.3, 0.4) is 0 Å². The fourth-order valence-corrected chi connectivity index (χ4v) is 1.75. The largest absolute Gasteiger partial charge is 0.389 e. The molecule has 0 radical (unpaired) electrons. The summed E-state index contributed by atoms with van der Waals surface area (Å²) in [6.07, 6.45) is 1.39. The molecule has 0 saturated heterocycles. The molecule has 0 aromatic carbocycles. The van der Waals surface area contributed by atoms with Gasteiger partial charge in [-0.1, -0.05) is 13.8 Å². The Balaban J connectivity index is 2.00. The summed E-state index contributed by atoms with van der Waals surface area (Å²) >= 11 is 1.61. The third kappa shape index (κ3) is 6.17. The SMILES string of the molecule is CC(C)COCC(O)CNCc1cncs1. The van der Waals surface area contributed by atoms with Crippen molar-refractivity contribution in [1.82, 2.24) is 10.3 Å². The lowest BCUT2D eigenvalue weighted by molar-refractivity contribution is 0.0261. The molecule has 0 fully saturated rings. The van der Waals surface area contributed by atoms with Crippen molar-refractivity contribution in [1.29, 1.82) is 0 Å². The van der Waals surface area contributed by atoms with Crippen molar-refractivity contribution in [2.24, 2.45) is 5.92 Å². The van der Waals surface area contributed by atoms with E-state index in [1.54, 1.807) is 16.8 Å². The van der Waals surface area contributed by atoms with E-state index in [0.29, 0.717) is 25.7 Å². The molecule has 1 aromatic heterocycles. The average Bonchev–Trinajstić information content (AvgIpc) is 2.70. The van der Waals surface area contributed by atoms with Gasteiger partial charge in [-0.2, -0.15) is 0 Å². The fourth-order valence-electron chi connectivity index (χ4n) is 1.19. The highest BCUT2D eigenvalue weighted by Crippen LogP contribution is 2.03. The molecule has 0 spiro atoms. The van der Waals surface area contributed by atoms with E-state index in [4.69, 9.17) is 4.74 Å². The molecule has 5 heteroatoms. The number of hydrogen-bond donors (Lipinski definition) is 2. The van der Waals surface area contributed by atoms with Gasteiger partial charge < -0.3 is 15.2 Å². The second-order valence-corrected chi connectivity index (χ2v) is 5.15. The smallest absolute Gasteiger partial charge is 0.0897 e. The third-order valence-electron chi connectivity index (χ3n) is 1.92. The monoisotopic (exact) mass is 244 g/mol. The quantitative estimate of drug-likeness (QED) is 0.723. The first-order valence-electron chi connectivity index (χ1n) is 5.52. The van der Waals surface area contributed by atoms with Crippen LogP contribution < -0.4 is 5.32 Å². The Morgan fingerprint density at radius 2 is 2.31 bits per heavy atom. The van der Waals surface area contributed by atoms with Crippen molar-refractivity contribution in [3.8, 4) is 0 Å². The van der Waals surface area contributed by atoms with E-state index < -0.39 is 6.10 Å². The zero-order valence-electron chi connectivity index (χ0n) is 9.85. The van der Waals surface area contributed by atoms with E-state index in [0.717, 1.165) is 6.54 Å². The molecule has 2 N–H and O–H groups in total. The molecule has 0 saturated carbocycles. The highest BCUT2D eigenvalue weighted by Gasteiger charge is 2.04. The van der Waals surface area contributed by atoms with Gasteiger partial charge in [0.25, 0.3) is 0 Å².